The molecule has 0 aliphatic heterocycles. The molecule has 4 aromatic rings. The number of rotatable bonds is 5. The minimum Gasteiger partial charge on any atom is -0.345 e. The summed E-state index contributed by atoms with van der Waals surface area (Å²) in [4.78, 5) is 18.0. The van der Waals surface area contributed by atoms with E-state index in [4.69, 9.17) is 17.2 Å². The molecule has 0 unspecified atom stereocenters. The van der Waals surface area contributed by atoms with Crippen LogP contribution in [-0.4, -0.2) is 35.4 Å². The highest BCUT2D eigenvalue weighted by molar-refractivity contribution is 7.71. The molecule has 8 nitrogen and oxygen atoms in total. The SMILES string of the molecule is Cc1ccccc1-c1cc(C(=O)NCc2n[nH]c(=S)n2C)c2cnn(C(C)C)c2n1. The molecule has 0 bridgehead atoms. The molecule has 0 aliphatic rings. The number of amides is 1. The first kappa shape index (κ1) is 20.0. The van der Waals surface area contributed by atoms with Crippen LogP contribution >= 0.6 is 12.2 Å². The zero-order chi connectivity index (χ0) is 21.4. The van der Waals surface area contributed by atoms with Crippen molar-refractivity contribution in [3.05, 3.63) is 58.3 Å². The Morgan fingerprint density at radius 1 is 1.30 bits per heavy atom. The highest BCUT2D eigenvalue weighted by Crippen LogP contribution is 2.28. The topological polar surface area (TPSA) is 93.4 Å². The molecule has 0 saturated carbocycles. The average molecular weight is 422 g/mol. The highest BCUT2D eigenvalue weighted by atomic mass is 32.1. The number of carbonyl (C=O) groups excluding carboxylic acids is 1. The molecule has 30 heavy (non-hydrogen) atoms. The maximum Gasteiger partial charge on any atom is 0.252 e. The summed E-state index contributed by atoms with van der Waals surface area (Å²) in [5.74, 6) is 0.435. The molecule has 3 heterocycles. The second-order valence-electron chi connectivity index (χ2n) is 7.48. The smallest absolute Gasteiger partial charge is 0.252 e. The summed E-state index contributed by atoms with van der Waals surface area (Å²) in [5, 5.41) is 15.0. The van der Waals surface area contributed by atoms with Gasteiger partial charge in [-0.25, -0.2) is 9.67 Å². The first-order chi connectivity index (χ1) is 14.4. The fourth-order valence-corrected chi connectivity index (χ4v) is 3.53. The summed E-state index contributed by atoms with van der Waals surface area (Å²) in [6, 6.07) is 9.95. The summed E-state index contributed by atoms with van der Waals surface area (Å²) in [6.07, 6.45) is 1.70. The molecule has 0 atom stereocenters. The highest BCUT2D eigenvalue weighted by Gasteiger charge is 2.19. The lowest BCUT2D eigenvalue weighted by atomic mass is 10.0. The number of nitrogens with one attached hydrogen (secondary N) is 2. The molecule has 3 aromatic heterocycles. The predicted molar refractivity (Wildman–Crippen MR) is 118 cm³/mol. The van der Waals surface area contributed by atoms with Crippen LogP contribution in [0.1, 0.15) is 41.6 Å². The molecule has 0 spiro atoms. The van der Waals surface area contributed by atoms with Gasteiger partial charge in [-0.2, -0.15) is 10.2 Å². The number of fused-ring (bicyclic) bond motifs is 1. The molecule has 1 amide bonds. The number of benzene rings is 1. The second kappa shape index (κ2) is 7.83. The Morgan fingerprint density at radius 2 is 2.07 bits per heavy atom. The predicted octanol–water partition coefficient (Wildman–Crippen LogP) is 3.71. The van der Waals surface area contributed by atoms with Crippen LogP contribution in [0.25, 0.3) is 22.3 Å². The van der Waals surface area contributed by atoms with Gasteiger partial charge in [0.2, 0.25) is 0 Å². The quantitative estimate of drug-likeness (QED) is 0.479. The first-order valence-electron chi connectivity index (χ1n) is 9.69. The lowest BCUT2D eigenvalue weighted by molar-refractivity contribution is 0.0951. The Kier molecular flexibility index (Phi) is 5.21. The minimum absolute atomic E-state index is 0.117. The number of hydrogen-bond acceptors (Lipinski definition) is 5. The van der Waals surface area contributed by atoms with E-state index in [1.807, 2.05) is 55.8 Å². The standard InChI is InChI=1S/C21H23N7OS/c1-12(2)28-19-16(10-23-28)15(9-17(24-19)14-8-6-5-7-13(14)3)20(29)22-11-18-25-26-21(30)27(18)4/h5-10,12H,11H2,1-4H3,(H,22,29)(H,26,30). The van der Waals surface area contributed by atoms with E-state index in [0.717, 1.165) is 16.8 Å². The zero-order valence-corrected chi connectivity index (χ0v) is 18.1. The summed E-state index contributed by atoms with van der Waals surface area (Å²) in [6.45, 7) is 6.37. The van der Waals surface area contributed by atoms with Gasteiger partial charge in [0.05, 0.1) is 29.4 Å². The van der Waals surface area contributed by atoms with Crippen molar-refractivity contribution in [1.82, 2.24) is 34.8 Å². The van der Waals surface area contributed by atoms with Gasteiger partial charge in [0.1, 0.15) is 0 Å². The zero-order valence-electron chi connectivity index (χ0n) is 17.3. The number of carbonyl (C=O) groups is 1. The van der Waals surface area contributed by atoms with Crippen molar-refractivity contribution in [3.8, 4) is 11.3 Å². The van der Waals surface area contributed by atoms with Gasteiger partial charge in [-0.05, 0) is 44.6 Å². The molecule has 0 fully saturated rings. The van der Waals surface area contributed by atoms with Crippen LogP contribution in [0.15, 0.2) is 36.5 Å². The molecule has 0 aliphatic carbocycles. The van der Waals surface area contributed by atoms with Crippen molar-refractivity contribution in [3.63, 3.8) is 0 Å². The number of H-pyrrole nitrogens is 1. The van der Waals surface area contributed by atoms with Crippen LogP contribution in [0.2, 0.25) is 0 Å². The average Bonchev–Trinajstić information content (AvgIpc) is 3.29. The van der Waals surface area contributed by atoms with Crippen LogP contribution in [0.5, 0.6) is 0 Å². The van der Waals surface area contributed by atoms with Gasteiger partial charge >= 0.3 is 0 Å². The third-order valence-electron chi connectivity index (χ3n) is 5.10. The number of hydrogen-bond donors (Lipinski definition) is 2. The summed E-state index contributed by atoms with van der Waals surface area (Å²) in [7, 11) is 1.81. The van der Waals surface area contributed by atoms with Gasteiger partial charge < -0.3 is 9.88 Å². The van der Waals surface area contributed by atoms with Crippen molar-refractivity contribution in [1.29, 1.82) is 0 Å². The van der Waals surface area contributed by atoms with Crippen LogP contribution in [0, 0.1) is 11.7 Å². The number of aromatic nitrogens is 6. The molecule has 1 aromatic carbocycles. The van der Waals surface area contributed by atoms with E-state index in [9.17, 15) is 4.79 Å². The van der Waals surface area contributed by atoms with E-state index >= 15 is 0 Å². The number of aromatic amines is 1. The molecule has 154 valence electrons. The lowest BCUT2D eigenvalue weighted by Gasteiger charge is -2.12. The van der Waals surface area contributed by atoms with Crippen molar-refractivity contribution >= 4 is 29.2 Å². The Hall–Kier alpha value is -3.33. The Balaban J connectivity index is 1.79. The normalized spacial score (nSPS) is 11.4. The molecule has 0 radical (unpaired) electrons. The van der Waals surface area contributed by atoms with Crippen molar-refractivity contribution in [2.45, 2.75) is 33.4 Å². The van der Waals surface area contributed by atoms with E-state index in [0.29, 0.717) is 27.2 Å². The molecular weight excluding hydrogens is 398 g/mol. The summed E-state index contributed by atoms with van der Waals surface area (Å²) < 4.78 is 4.07. The Bertz CT molecular complexity index is 1300. The van der Waals surface area contributed by atoms with Gasteiger partial charge in [-0.1, -0.05) is 24.3 Å². The van der Waals surface area contributed by atoms with Crippen LogP contribution in [0.4, 0.5) is 0 Å². The number of nitrogens with zero attached hydrogens (tertiary/aromatic N) is 5. The van der Waals surface area contributed by atoms with Gasteiger partial charge in [0, 0.05) is 18.7 Å². The first-order valence-corrected chi connectivity index (χ1v) is 10.1. The van der Waals surface area contributed by atoms with E-state index < -0.39 is 0 Å². The van der Waals surface area contributed by atoms with Gasteiger partial charge in [0.25, 0.3) is 5.91 Å². The number of aryl methyl sites for hydroxylation is 1. The fourth-order valence-electron chi connectivity index (χ4n) is 3.37. The molecule has 0 saturated heterocycles. The fraction of sp³-hybridized carbons (Fsp3) is 0.286. The van der Waals surface area contributed by atoms with Gasteiger partial charge in [-0.3, -0.25) is 9.89 Å². The number of pyridine rings is 1. The lowest BCUT2D eigenvalue weighted by Crippen LogP contribution is -2.25. The molecule has 4 rings (SSSR count). The van der Waals surface area contributed by atoms with E-state index in [1.165, 1.54) is 0 Å². The maximum atomic E-state index is 13.1. The second-order valence-corrected chi connectivity index (χ2v) is 7.86. The molecular formula is C21H23N7OS. The Labute approximate surface area is 179 Å². The summed E-state index contributed by atoms with van der Waals surface area (Å²) >= 11 is 5.13. The monoisotopic (exact) mass is 421 g/mol. The van der Waals surface area contributed by atoms with E-state index in [2.05, 4.69) is 20.6 Å². The third-order valence-corrected chi connectivity index (χ3v) is 5.47. The van der Waals surface area contributed by atoms with Crippen LogP contribution in [-0.2, 0) is 13.6 Å². The van der Waals surface area contributed by atoms with E-state index in [-0.39, 0.29) is 18.5 Å². The maximum absolute atomic E-state index is 13.1. The van der Waals surface area contributed by atoms with Crippen LogP contribution in [0.3, 0.4) is 0 Å². The van der Waals surface area contributed by atoms with Crippen LogP contribution < -0.4 is 5.32 Å². The third kappa shape index (κ3) is 3.52. The summed E-state index contributed by atoms with van der Waals surface area (Å²) in [5.41, 5.74) is 4.04. The minimum atomic E-state index is -0.213. The van der Waals surface area contributed by atoms with Crippen molar-refractivity contribution < 1.29 is 4.79 Å². The molecule has 9 heteroatoms. The van der Waals surface area contributed by atoms with Crippen molar-refractivity contribution in [2.24, 2.45) is 7.05 Å². The largest absolute Gasteiger partial charge is 0.345 e. The van der Waals surface area contributed by atoms with Crippen molar-refractivity contribution in [2.75, 3.05) is 0 Å². The molecule has 2 N–H and O–H groups in total. The van der Waals surface area contributed by atoms with Gasteiger partial charge in [0.15, 0.2) is 16.2 Å². The Morgan fingerprint density at radius 3 is 2.73 bits per heavy atom. The van der Waals surface area contributed by atoms with Gasteiger partial charge in [-0.15, -0.1) is 0 Å². The van der Waals surface area contributed by atoms with E-state index in [1.54, 1.807) is 17.8 Å².